The van der Waals surface area contributed by atoms with Crippen LogP contribution < -0.4 is 4.90 Å². The summed E-state index contributed by atoms with van der Waals surface area (Å²) in [5.74, 6) is -0.934. The highest BCUT2D eigenvalue weighted by atomic mass is 19.1. The van der Waals surface area contributed by atoms with Crippen LogP contribution in [-0.2, 0) is 4.74 Å². The standard InChI is InChI=1S/C15H14F2N2O2/c1-2-21-15(20)10-3-9-4-12(17)14(5-13(9)18-6-10)19-7-11(16)8-19/h3-6,11H,2,7-8H2,1H3. The van der Waals surface area contributed by atoms with Gasteiger partial charge in [0.1, 0.15) is 12.0 Å². The molecule has 2 heterocycles. The van der Waals surface area contributed by atoms with E-state index in [1.54, 1.807) is 24.0 Å². The van der Waals surface area contributed by atoms with Gasteiger partial charge in [-0.05, 0) is 25.1 Å². The third kappa shape index (κ3) is 2.53. The summed E-state index contributed by atoms with van der Waals surface area (Å²) in [6.07, 6.45) is 0.495. The molecule has 0 radical (unpaired) electrons. The lowest BCUT2D eigenvalue weighted by atomic mass is 10.1. The van der Waals surface area contributed by atoms with Crippen LogP contribution in [0.4, 0.5) is 14.5 Å². The predicted molar refractivity (Wildman–Crippen MR) is 74.8 cm³/mol. The fourth-order valence-electron chi connectivity index (χ4n) is 2.33. The third-order valence-corrected chi connectivity index (χ3v) is 3.44. The summed E-state index contributed by atoms with van der Waals surface area (Å²) in [5.41, 5.74) is 1.18. The van der Waals surface area contributed by atoms with Crippen LogP contribution in [0.15, 0.2) is 24.4 Å². The zero-order valence-corrected chi connectivity index (χ0v) is 11.5. The number of ether oxygens (including phenoxy) is 1. The van der Waals surface area contributed by atoms with E-state index >= 15 is 0 Å². The van der Waals surface area contributed by atoms with Crippen molar-refractivity contribution in [2.45, 2.75) is 13.1 Å². The summed E-state index contributed by atoms with van der Waals surface area (Å²) >= 11 is 0. The predicted octanol–water partition coefficient (Wildman–Crippen LogP) is 2.71. The summed E-state index contributed by atoms with van der Waals surface area (Å²) in [4.78, 5) is 17.4. The molecule has 0 bridgehead atoms. The van der Waals surface area contributed by atoms with Gasteiger partial charge in [-0.3, -0.25) is 4.98 Å². The van der Waals surface area contributed by atoms with E-state index in [4.69, 9.17) is 4.74 Å². The zero-order chi connectivity index (χ0) is 15.0. The monoisotopic (exact) mass is 292 g/mol. The molecule has 4 nitrogen and oxygen atoms in total. The minimum Gasteiger partial charge on any atom is -0.462 e. The summed E-state index contributed by atoms with van der Waals surface area (Å²) < 4.78 is 31.9. The second kappa shape index (κ2) is 5.27. The van der Waals surface area contributed by atoms with Crippen molar-refractivity contribution < 1.29 is 18.3 Å². The molecule has 3 rings (SSSR count). The van der Waals surface area contributed by atoms with Crippen molar-refractivity contribution in [3.05, 3.63) is 35.8 Å². The van der Waals surface area contributed by atoms with Gasteiger partial charge in [0, 0.05) is 11.6 Å². The SMILES string of the molecule is CCOC(=O)c1cnc2cc(N3CC(F)C3)c(F)cc2c1. The highest BCUT2D eigenvalue weighted by Gasteiger charge is 2.28. The zero-order valence-electron chi connectivity index (χ0n) is 11.5. The Hall–Kier alpha value is -2.24. The van der Waals surface area contributed by atoms with Crippen molar-refractivity contribution >= 4 is 22.6 Å². The number of pyridine rings is 1. The fraction of sp³-hybridized carbons (Fsp3) is 0.333. The molecule has 1 saturated heterocycles. The van der Waals surface area contributed by atoms with Gasteiger partial charge < -0.3 is 9.64 Å². The van der Waals surface area contributed by atoms with E-state index in [1.165, 1.54) is 12.3 Å². The van der Waals surface area contributed by atoms with Crippen LogP contribution in [0.2, 0.25) is 0 Å². The minimum atomic E-state index is -0.903. The topological polar surface area (TPSA) is 42.4 Å². The number of benzene rings is 1. The molecule has 1 aliphatic rings. The normalized spacial score (nSPS) is 15.1. The number of alkyl halides is 1. The fourth-order valence-corrected chi connectivity index (χ4v) is 2.33. The lowest BCUT2D eigenvalue weighted by Crippen LogP contribution is -2.48. The first-order valence-corrected chi connectivity index (χ1v) is 6.74. The number of hydrogen-bond acceptors (Lipinski definition) is 4. The molecular weight excluding hydrogens is 278 g/mol. The molecule has 1 fully saturated rings. The number of rotatable bonds is 3. The van der Waals surface area contributed by atoms with E-state index in [-0.39, 0.29) is 25.3 Å². The Labute approximate surface area is 120 Å². The Morgan fingerprint density at radius 3 is 2.86 bits per heavy atom. The number of nitrogens with zero attached hydrogens (tertiary/aromatic N) is 2. The second-order valence-electron chi connectivity index (χ2n) is 4.94. The molecule has 6 heteroatoms. The molecule has 0 atom stereocenters. The Morgan fingerprint density at radius 1 is 1.43 bits per heavy atom. The van der Waals surface area contributed by atoms with Crippen LogP contribution in [0.3, 0.4) is 0 Å². The Kier molecular flexibility index (Phi) is 3.45. The molecule has 21 heavy (non-hydrogen) atoms. The van der Waals surface area contributed by atoms with E-state index < -0.39 is 18.0 Å². The van der Waals surface area contributed by atoms with Gasteiger partial charge in [0.15, 0.2) is 0 Å². The molecule has 1 aliphatic heterocycles. The van der Waals surface area contributed by atoms with Crippen LogP contribution in [0.25, 0.3) is 10.9 Å². The maximum Gasteiger partial charge on any atom is 0.339 e. The van der Waals surface area contributed by atoms with Crippen LogP contribution in [-0.4, -0.2) is 36.8 Å². The lowest BCUT2D eigenvalue weighted by molar-refractivity contribution is 0.0526. The number of anilines is 1. The Bertz CT molecular complexity index is 699. The average molecular weight is 292 g/mol. The van der Waals surface area contributed by atoms with Crippen LogP contribution in [0, 0.1) is 5.82 Å². The van der Waals surface area contributed by atoms with Gasteiger partial charge in [-0.15, -0.1) is 0 Å². The largest absolute Gasteiger partial charge is 0.462 e. The molecule has 0 amide bonds. The van der Waals surface area contributed by atoms with Crippen molar-refractivity contribution in [3.63, 3.8) is 0 Å². The van der Waals surface area contributed by atoms with E-state index in [0.29, 0.717) is 16.6 Å². The minimum absolute atomic E-state index is 0.198. The van der Waals surface area contributed by atoms with Gasteiger partial charge in [-0.2, -0.15) is 0 Å². The smallest absolute Gasteiger partial charge is 0.339 e. The molecule has 1 aromatic carbocycles. The summed E-state index contributed by atoms with van der Waals surface area (Å²) in [7, 11) is 0. The molecule has 110 valence electrons. The molecule has 0 spiro atoms. The van der Waals surface area contributed by atoms with E-state index in [1.807, 2.05) is 0 Å². The quantitative estimate of drug-likeness (QED) is 0.816. The summed E-state index contributed by atoms with van der Waals surface area (Å²) in [6.45, 7) is 2.37. The number of carbonyl (C=O) groups is 1. The number of carbonyl (C=O) groups excluding carboxylic acids is 1. The summed E-state index contributed by atoms with van der Waals surface area (Å²) in [6, 6.07) is 4.43. The van der Waals surface area contributed by atoms with Crippen molar-refractivity contribution in [1.82, 2.24) is 4.98 Å². The van der Waals surface area contributed by atoms with Gasteiger partial charge in [0.05, 0.1) is 36.5 Å². The van der Waals surface area contributed by atoms with Gasteiger partial charge in [-0.1, -0.05) is 0 Å². The molecule has 0 unspecified atom stereocenters. The van der Waals surface area contributed by atoms with Crippen molar-refractivity contribution in [1.29, 1.82) is 0 Å². The van der Waals surface area contributed by atoms with Crippen molar-refractivity contribution in [2.24, 2.45) is 0 Å². The first kappa shape index (κ1) is 13.7. The number of esters is 1. The van der Waals surface area contributed by atoms with Gasteiger partial charge >= 0.3 is 5.97 Å². The van der Waals surface area contributed by atoms with Crippen molar-refractivity contribution in [2.75, 3.05) is 24.6 Å². The molecule has 2 aromatic rings. The molecule has 0 aliphatic carbocycles. The molecular formula is C15H14F2N2O2. The van der Waals surface area contributed by atoms with E-state index in [0.717, 1.165) is 0 Å². The molecule has 1 aromatic heterocycles. The van der Waals surface area contributed by atoms with Crippen LogP contribution in [0.5, 0.6) is 0 Å². The Balaban J connectivity index is 1.96. The van der Waals surface area contributed by atoms with Gasteiger partial charge in [0.2, 0.25) is 0 Å². The van der Waals surface area contributed by atoms with Gasteiger partial charge in [-0.25, -0.2) is 13.6 Å². The van der Waals surface area contributed by atoms with Crippen LogP contribution >= 0.6 is 0 Å². The first-order chi connectivity index (χ1) is 10.1. The van der Waals surface area contributed by atoms with Crippen LogP contribution in [0.1, 0.15) is 17.3 Å². The molecule has 0 N–H and O–H groups in total. The summed E-state index contributed by atoms with van der Waals surface area (Å²) in [5, 5.41) is 0.513. The number of aromatic nitrogens is 1. The van der Waals surface area contributed by atoms with E-state index in [2.05, 4.69) is 4.98 Å². The highest BCUT2D eigenvalue weighted by Crippen LogP contribution is 2.29. The van der Waals surface area contributed by atoms with E-state index in [9.17, 15) is 13.6 Å². The number of halogens is 2. The van der Waals surface area contributed by atoms with Gasteiger partial charge in [0.25, 0.3) is 0 Å². The van der Waals surface area contributed by atoms with Crippen molar-refractivity contribution in [3.8, 4) is 0 Å². The third-order valence-electron chi connectivity index (χ3n) is 3.44. The second-order valence-corrected chi connectivity index (χ2v) is 4.94. The number of hydrogen-bond donors (Lipinski definition) is 0. The number of fused-ring (bicyclic) bond motifs is 1. The maximum absolute atomic E-state index is 14.1. The average Bonchev–Trinajstić information content (AvgIpc) is 2.43. The lowest BCUT2D eigenvalue weighted by Gasteiger charge is -2.36. The first-order valence-electron chi connectivity index (χ1n) is 6.74. The highest BCUT2D eigenvalue weighted by molar-refractivity contribution is 5.94. The maximum atomic E-state index is 14.1. The molecule has 0 saturated carbocycles. The Morgan fingerprint density at radius 2 is 2.19 bits per heavy atom.